The van der Waals surface area contributed by atoms with E-state index in [1.165, 1.54) is 0 Å². The van der Waals surface area contributed by atoms with Crippen molar-refractivity contribution in [2.75, 3.05) is 11.9 Å². The summed E-state index contributed by atoms with van der Waals surface area (Å²) in [6, 6.07) is 14.3. The number of piperidine rings is 1. The van der Waals surface area contributed by atoms with Crippen molar-refractivity contribution in [3.05, 3.63) is 59.8 Å². The molecule has 1 aromatic heterocycles. The summed E-state index contributed by atoms with van der Waals surface area (Å²) in [5.41, 5.74) is 2.07. The van der Waals surface area contributed by atoms with Gasteiger partial charge in [0.25, 0.3) is 0 Å². The molecule has 0 radical (unpaired) electrons. The first-order valence-corrected chi connectivity index (χ1v) is 9.87. The first kappa shape index (κ1) is 19.2. The lowest BCUT2D eigenvalue weighted by Gasteiger charge is -2.35. The van der Waals surface area contributed by atoms with Gasteiger partial charge in [0, 0.05) is 18.8 Å². The van der Waals surface area contributed by atoms with E-state index in [4.69, 9.17) is 4.74 Å². The molecule has 0 bridgehead atoms. The number of likely N-dealkylation sites (tertiary alicyclic amines) is 1. The highest BCUT2D eigenvalue weighted by Crippen LogP contribution is 2.31. The predicted octanol–water partition coefficient (Wildman–Crippen LogP) is 5.16. The number of pyridine rings is 1. The predicted molar refractivity (Wildman–Crippen MR) is 108 cm³/mol. The van der Waals surface area contributed by atoms with E-state index in [9.17, 15) is 4.79 Å². The lowest BCUT2D eigenvalue weighted by atomic mass is 9.97. The second kappa shape index (κ2) is 9.40. The van der Waals surface area contributed by atoms with Gasteiger partial charge in [0.05, 0.1) is 6.04 Å². The number of nitrogens with one attached hydrogen (secondary N) is 1. The molecule has 3 rings (SSSR count). The number of benzene rings is 1. The zero-order valence-electron chi connectivity index (χ0n) is 16.2. The summed E-state index contributed by atoms with van der Waals surface area (Å²) in [7, 11) is 0. The normalized spacial score (nSPS) is 18.0. The number of carbonyl (C=O) groups is 1. The van der Waals surface area contributed by atoms with Crippen LogP contribution in [0.3, 0.4) is 0 Å². The van der Waals surface area contributed by atoms with Gasteiger partial charge >= 0.3 is 6.09 Å². The third kappa shape index (κ3) is 5.22. The SMILES string of the molecule is CC[C@H](C)Nc1ccc([C@H]2CCCCN2C(=O)OCc2ccccc2)cn1. The van der Waals surface area contributed by atoms with Crippen LogP contribution in [-0.2, 0) is 11.3 Å². The molecule has 27 heavy (non-hydrogen) atoms. The topological polar surface area (TPSA) is 54.5 Å². The number of rotatable bonds is 6. The van der Waals surface area contributed by atoms with E-state index in [0.29, 0.717) is 12.6 Å². The highest BCUT2D eigenvalue weighted by Gasteiger charge is 2.29. The molecule has 2 aromatic rings. The van der Waals surface area contributed by atoms with Crippen molar-refractivity contribution in [2.24, 2.45) is 0 Å². The van der Waals surface area contributed by atoms with E-state index >= 15 is 0 Å². The van der Waals surface area contributed by atoms with Gasteiger partial charge < -0.3 is 15.0 Å². The van der Waals surface area contributed by atoms with Crippen LogP contribution in [0.5, 0.6) is 0 Å². The van der Waals surface area contributed by atoms with Gasteiger partial charge in [-0.3, -0.25) is 0 Å². The maximum Gasteiger partial charge on any atom is 0.410 e. The molecule has 0 aliphatic carbocycles. The Morgan fingerprint density at radius 3 is 2.78 bits per heavy atom. The summed E-state index contributed by atoms with van der Waals surface area (Å²) in [5, 5.41) is 3.38. The molecular weight excluding hydrogens is 338 g/mol. The van der Waals surface area contributed by atoms with E-state index < -0.39 is 0 Å². The Bertz CT molecular complexity index is 718. The maximum absolute atomic E-state index is 12.7. The van der Waals surface area contributed by atoms with Gasteiger partial charge in [-0.15, -0.1) is 0 Å². The molecule has 1 amide bonds. The average molecular weight is 367 g/mol. The zero-order chi connectivity index (χ0) is 19.1. The summed E-state index contributed by atoms with van der Waals surface area (Å²) < 4.78 is 5.56. The van der Waals surface area contributed by atoms with Crippen LogP contribution >= 0.6 is 0 Å². The minimum atomic E-state index is -0.245. The third-order valence-electron chi connectivity index (χ3n) is 5.12. The minimum Gasteiger partial charge on any atom is -0.445 e. The average Bonchev–Trinajstić information content (AvgIpc) is 2.73. The summed E-state index contributed by atoms with van der Waals surface area (Å²) in [5.74, 6) is 0.877. The molecule has 1 saturated heterocycles. The number of nitrogens with zero attached hydrogens (tertiary/aromatic N) is 2. The largest absolute Gasteiger partial charge is 0.445 e. The van der Waals surface area contributed by atoms with Crippen LogP contribution in [0.2, 0.25) is 0 Å². The van der Waals surface area contributed by atoms with Gasteiger partial charge in [-0.25, -0.2) is 9.78 Å². The molecule has 5 nitrogen and oxygen atoms in total. The van der Waals surface area contributed by atoms with Crippen LogP contribution in [0, 0.1) is 0 Å². The summed E-state index contributed by atoms with van der Waals surface area (Å²) in [6.07, 6.45) is 5.76. The number of hydrogen-bond acceptors (Lipinski definition) is 4. The van der Waals surface area contributed by atoms with Crippen molar-refractivity contribution in [3.8, 4) is 0 Å². The van der Waals surface area contributed by atoms with Crippen LogP contribution in [0.1, 0.15) is 56.7 Å². The fourth-order valence-corrected chi connectivity index (χ4v) is 3.34. The molecule has 1 aliphatic heterocycles. The minimum absolute atomic E-state index is 0.0344. The Labute approximate surface area is 161 Å². The van der Waals surface area contributed by atoms with Crippen molar-refractivity contribution in [1.82, 2.24) is 9.88 Å². The molecule has 1 fully saturated rings. The molecule has 1 aromatic carbocycles. The first-order chi connectivity index (χ1) is 13.2. The Balaban J connectivity index is 1.64. The molecule has 2 atom stereocenters. The van der Waals surface area contributed by atoms with Gasteiger partial charge in [-0.05, 0) is 49.8 Å². The van der Waals surface area contributed by atoms with Crippen molar-refractivity contribution in [2.45, 2.75) is 58.2 Å². The fraction of sp³-hybridized carbons (Fsp3) is 0.455. The number of anilines is 1. The van der Waals surface area contributed by atoms with Crippen molar-refractivity contribution >= 4 is 11.9 Å². The van der Waals surface area contributed by atoms with Crippen LogP contribution in [0.25, 0.3) is 0 Å². The summed E-state index contributed by atoms with van der Waals surface area (Å²) in [6.45, 7) is 5.32. The molecule has 0 saturated carbocycles. The number of amides is 1. The second-order valence-electron chi connectivity index (χ2n) is 7.18. The molecule has 0 unspecified atom stereocenters. The lowest BCUT2D eigenvalue weighted by Crippen LogP contribution is -2.38. The molecule has 0 spiro atoms. The number of carbonyl (C=O) groups excluding carboxylic acids is 1. The third-order valence-corrected chi connectivity index (χ3v) is 5.12. The summed E-state index contributed by atoms with van der Waals surface area (Å²) in [4.78, 5) is 19.1. The van der Waals surface area contributed by atoms with Gasteiger partial charge in [0.2, 0.25) is 0 Å². The standard InChI is InChI=1S/C22H29N3O2/c1-3-17(2)24-21-13-12-19(15-23-21)20-11-7-8-14-25(20)22(26)27-16-18-9-5-4-6-10-18/h4-6,9-10,12-13,15,17,20H,3,7-8,11,14,16H2,1-2H3,(H,23,24)/t17-,20+/m0/s1. The Morgan fingerprint density at radius 1 is 1.26 bits per heavy atom. The number of aromatic nitrogens is 1. The van der Waals surface area contributed by atoms with Crippen LogP contribution in [0.15, 0.2) is 48.7 Å². The quantitative estimate of drug-likeness (QED) is 0.766. The Hall–Kier alpha value is -2.56. The van der Waals surface area contributed by atoms with Crippen molar-refractivity contribution in [1.29, 1.82) is 0 Å². The van der Waals surface area contributed by atoms with Gasteiger partial charge in [-0.1, -0.05) is 43.3 Å². The fourth-order valence-electron chi connectivity index (χ4n) is 3.34. The van der Waals surface area contributed by atoms with E-state index in [0.717, 1.165) is 49.2 Å². The molecule has 2 heterocycles. The Kier molecular flexibility index (Phi) is 6.69. The van der Waals surface area contributed by atoms with Gasteiger partial charge in [0.15, 0.2) is 0 Å². The van der Waals surface area contributed by atoms with E-state index in [1.54, 1.807) is 0 Å². The molecule has 5 heteroatoms. The van der Waals surface area contributed by atoms with Crippen LogP contribution in [-0.4, -0.2) is 28.6 Å². The first-order valence-electron chi connectivity index (χ1n) is 9.87. The van der Waals surface area contributed by atoms with Gasteiger partial charge in [0.1, 0.15) is 12.4 Å². The van der Waals surface area contributed by atoms with Gasteiger partial charge in [-0.2, -0.15) is 0 Å². The Morgan fingerprint density at radius 2 is 2.07 bits per heavy atom. The van der Waals surface area contributed by atoms with Crippen molar-refractivity contribution < 1.29 is 9.53 Å². The molecular formula is C22H29N3O2. The molecule has 1 N–H and O–H groups in total. The van der Waals surface area contributed by atoms with Crippen LogP contribution in [0.4, 0.5) is 10.6 Å². The number of hydrogen-bond donors (Lipinski definition) is 1. The lowest BCUT2D eigenvalue weighted by molar-refractivity contribution is 0.0678. The highest BCUT2D eigenvalue weighted by molar-refractivity contribution is 5.68. The van der Waals surface area contributed by atoms with Crippen molar-refractivity contribution in [3.63, 3.8) is 0 Å². The second-order valence-corrected chi connectivity index (χ2v) is 7.18. The van der Waals surface area contributed by atoms with E-state index in [2.05, 4.69) is 30.2 Å². The molecule has 144 valence electrons. The van der Waals surface area contributed by atoms with E-state index in [1.807, 2.05) is 47.5 Å². The van der Waals surface area contributed by atoms with E-state index in [-0.39, 0.29) is 12.1 Å². The number of ether oxygens (including phenoxy) is 1. The van der Waals surface area contributed by atoms with Crippen LogP contribution < -0.4 is 5.32 Å². The maximum atomic E-state index is 12.7. The zero-order valence-corrected chi connectivity index (χ0v) is 16.2. The highest BCUT2D eigenvalue weighted by atomic mass is 16.6. The molecule has 1 aliphatic rings. The summed E-state index contributed by atoms with van der Waals surface area (Å²) >= 11 is 0. The smallest absolute Gasteiger partial charge is 0.410 e. The monoisotopic (exact) mass is 367 g/mol.